The van der Waals surface area contributed by atoms with Crippen LogP contribution in [0.5, 0.6) is 5.75 Å². The zero-order chi connectivity index (χ0) is 21.6. The molecule has 1 unspecified atom stereocenters. The fraction of sp³-hybridized carbons (Fsp3) is 0.478. The quantitative estimate of drug-likeness (QED) is 0.700. The van der Waals surface area contributed by atoms with Gasteiger partial charge in [0.2, 0.25) is 0 Å². The molecule has 1 saturated carbocycles. The predicted molar refractivity (Wildman–Crippen MR) is 116 cm³/mol. The highest BCUT2D eigenvalue weighted by Gasteiger charge is 2.43. The molecular weight excluding hydrogens is 382 g/mol. The Kier molecular flexibility index (Phi) is 5.32. The predicted octanol–water partition coefficient (Wildman–Crippen LogP) is 2.78. The monoisotopic (exact) mass is 411 g/mol. The minimum atomic E-state index is -1.43. The topological polar surface area (TPSA) is 96.9 Å². The molecule has 30 heavy (non-hydrogen) atoms. The summed E-state index contributed by atoms with van der Waals surface area (Å²) in [5, 5.41) is 19.6. The second-order valence-electron chi connectivity index (χ2n) is 8.67. The standard InChI is InChI=1S/C23H29N3O4/c1-4-16-20(24-22(28)19(21(16)27)23(29)30)13-5-8-15(9-6-13)26-11-14-7-10-18(25(2)3)17(14)12-26/h5-6,8-9,14,17-18H,4,7,10-12H2,1-3H3,(H,29,30)(H2,24,27,28)/t14-,17?,18-/m1/s1. The Morgan fingerprint density at radius 2 is 1.90 bits per heavy atom. The zero-order valence-electron chi connectivity index (χ0n) is 17.7. The molecule has 1 aliphatic carbocycles. The van der Waals surface area contributed by atoms with E-state index in [4.69, 9.17) is 0 Å². The maximum atomic E-state index is 12.2. The second-order valence-corrected chi connectivity index (χ2v) is 8.67. The van der Waals surface area contributed by atoms with Gasteiger partial charge < -0.3 is 25.0 Å². The number of carbonyl (C=O) groups is 1. The Hall–Kier alpha value is -2.80. The summed E-state index contributed by atoms with van der Waals surface area (Å²) in [5.41, 5.74) is 1.42. The summed E-state index contributed by atoms with van der Waals surface area (Å²) >= 11 is 0. The van der Waals surface area contributed by atoms with E-state index in [2.05, 4.69) is 28.9 Å². The van der Waals surface area contributed by atoms with Gasteiger partial charge in [0.25, 0.3) is 5.56 Å². The molecule has 3 atom stereocenters. The van der Waals surface area contributed by atoms with Gasteiger partial charge in [0.15, 0.2) is 5.56 Å². The van der Waals surface area contributed by atoms with Crippen LogP contribution in [0.25, 0.3) is 11.3 Å². The molecule has 1 aromatic carbocycles. The van der Waals surface area contributed by atoms with Crippen molar-refractivity contribution in [3.63, 3.8) is 0 Å². The number of nitrogens with one attached hydrogen (secondary N) is 1. The number of carboxylic acid groups (broad SMARTS) is 1. The van der Waals surface area contributed by atoms with Gasteiger partial charge in [-0.2, -0.15) is 0 Å². The summed E-state index contributed by atoms with van der Waals surface area (Å²) < 4.78 is 0. The number of hydrogen-bond acceptors (Lipinski definition) is 5. The smallest absolute Gasteiger partial charge is 0.345 e. The minimum Gasteiger partial charge on any atom is -0.506 e. The van der Waals surface area contributed by atoms with E-state index >= 15 is 0 Å². The number of pyridine rings is 1. The third-order valence-corrected chi connectivity index (χ3v) is 6.86. The van der Waals surface area contributed by atoms with Crippen LogP contribution in [0.15, 0.2) is 29.1 Å². The van der Waals surface area contributed by atoms with E-state index in [9.17, 15) is 19.8 Å². The highest BCUT2D eigenvalue weighted by atomic mass is 16.4. The van der Waals surface area contributed by atoms with Gasteiger partial charge in [0.05, 0.1) is 5.69 Å². The number of aromatic nitrogens is 1. The average molecular weight is 412 g/mol. The summed E-state index contributed by atoms with van der Waals surface area (Å²) in [4.78, 5) is 31.0. The molecule has 1 aliphatic heterocycles. The van der Waals surface area contributed by atoms with Crippen LogP contribution < -0.4 is 10.5 Å². The second kappa shape index (κ2) is 7.80. The first-order chi connectivity index (χ1) is 14.3. The molecule has 2 aromatic rings. The van der Waals surface area contributed by atoms with Crippen LogP contribution in [-0.2, 0) is 6.42 Å². The van der Waals surface area contributed by atoms with E-state index in [0.29, 0.717) is 29.6 Å². The molecule has 4 rings (SSSR count). The fourth-order valence-corrected chi connectivity index (χ4v) is 5.34. The van der Waals surface area contributed by atoms with Crippen molar-refractivity contribution in [2.45, 2.75) is 32.2 Å². The van der Waals surface area contributed by atoms with Crippen LogP contribution in [0, 0.1) is 11.8 Å². The third kappa shape index (κ3) is 3.37. The van der Waals surface area contributed by atoms with Crippen molar-refractivity contribution in [3.05, 3.63) is 45.7 Å². The largest absolute Gasteiger partial charge is 0.506 e. The van der Waals surface area contributed by atoms with E-state index in [1.807, 2.05) is 31.2 Å². The Labute approximate surface area is 176 Å². The molecule has 2 heterocycles. The number of aromatic carboxylic acids is 1. The maximum Gasteiger partial charge on any atom is 0.345 e. The maximum absolute atomic E-state index is 12.2. The lowest BCUT2D eigenvalue weighted by Crippen LogP contribution is -2.34. The highest BCUT2D eigenvalue weighted by Crippen LogP contribution is 2.41. The van der Waals surface area contributed by atoms with Gasteiger partial charge >= 0.3 is 5.97 Å². The number of rotatable bonds is 5. The molecule has 2 aliphatic rings. The summed E-state index contributed by atoms with van der Waals surface area (Å²) in [6.07, 6.45) is 2.96. The average Bonchev–Trinajstić information content (AvgIpc) is 3.28. The fourth-order valence-electron chi connectivity index (χ4n) is 5.34. The molecule has 1 saturated heterocycles. The summed E-state index contributed by atoms with van der Waals surface area (Å²) in [5.74, 6) is -0.445. The molecule has 3 N–H and O–H groups in total. The van der Waals surface area contributed by atoms with Gasteiger partial charge in [-0.1, -0.05) is 19.1 Å². The van der Waals surface area contributed by atoms with E-state index in [-0.39, 0.29) is 0 Å². The molecule has 2 fully saturated rings. The van der Waals surface area contributed by atoms with Gasteiger partial charge in [0, 0.05) is 30.4 Å². The minimum absolute atomic E-state index is 0.404. The normalized spacial score (nSPS) is 23.2. The first kappa shape index (κ1) is 20.5. The Balaban J connectivity index is 1.61. The molecular formula is C23H29N3O4. The van der Waals surface area contributed by atoms with Crippen molar-refractivity contribution >= 4 is 11.7 Å². The number of H-pyrrole nitrogens is 1. The summed E-state index contributed by atoms with van der Waals surface area (Å²) in [7, 11) is 4.34. The molecule has 0 spiro atoms. The van der Waals surface area contributed by atoms with Crippen molar-refractivity contribution in [1.29, 1.82) is 0 Å². The Morgan fingerprint density at radius 3 is 2.50 bits per heavy atom. The lowest BCUT2D eigenvalue weighted by molar-refractivity contribution is 0.0691. The van der Waals surface area contributed by atoms with Crippen molar-refractivity contribution in [2.24, 2.45) is 11.8 Å². The SMILES string of the molecule is CCc1c(-c2ccc(N3CC4[C@H](CC[C@H]4N(C)C)C3)cc2)[nH]c(=O)c(C(=O)O)c1O. The zero-order valence-corrected chi connectivity index (χ0v) is 17.7. The van der Waals surface area contributed by atoms with Gasteiger partial charge in [-0.25, -0.2) is 4.79 Å². The van der Waals surface area contributed by atoms with E-state index in [1.165, 1.54) is 12.8 Å². The van der Waals surface area contributed by atoms with Crippen LogP contribution in [0.3, 0.4) is 0 Å². The van der Waals surface area contributed by atoms with Crippen LogP contribution in [0.4, 0.5) is 5.69 Å². The molecule has 0 amide bonds. The van der Waals surface area contributed by atoms with Gasteiger partial charge in [-0.05, 0) is 62.9 Å². The van der Waals surface area contributed by atoms with E-state index < -0.39 is 22.8 Å². The highest BCUT2D eigenvalue weighted by molar-refractivity contribution is 5.92. The number of benzene rings is 1. The van der Waals surface area contributed by atoms with Crippen molar-refractivity contribution in [3.8, 4) is 17.0 Å². The molecule has 7 heteroatoms. The number of aromatic hydroxyl groups is 1. The molecule has 160 valence electrons. The molecule has 0 radical (unpaired) electrons. The number of hydrogen-bond donors (Lipinski definition) is 3. The van der Waals surface area contributed by atoms with Crippen LogP contribution in [0.1, 0.15) is 35.7 Å². The number of carboxylic acids is 1. The van der Waals surface area contributed by atoms with Crippen molar-refractivity contribution < 1.29 is 15.0 Å². The molecule has 0 bridgehead atoms. The summed E-state index contributed by atoms with van der Waals surface area (Å²) in [6, 6.07) is 8.59. The number of anilines is 1. The van der Waals surface area contributed by atoms with Gasteiger partial charge in [-0.3, -0.25) is 4.79 Å². The van der Waals surface area contributed by atoms with Gasteiger partial charge in [-0.15, -0.1) is 0 Å². The number of fused-ring (bicyclic) bond motifs is 1. The first-order valence-corrected chi connectivity index (χ1v) is 10.5. The van der Waals surface area contributed by atoms with Crippen molar-refractivity contribution in [1.82, 2.24) is 9.88 Å². The van der Waals surface area contributed by atoms with E-state index in [1.54, 1.807) is 0 Å². The number of nitrogens with zero attached hydrogens (tertiary/aromatic N) is 2. The molecule has 1 aromatic heterocycles. The Bertz CT molecular complexity index is 1010. The molecule has 7 nitrogen and oxygen atoms in total. The van der Waals surface area contributed by atoms with Crippen LogP contribution in [-0.4, -0.2) is 59.3 Å². The first-order valence-electron chi connectivity index (χ1n) is 10.5. The van der Waals surface area contributed by atoms with Crippen LogP contribution in [0.2, 0.25) is 0 Å². The van der Waals surface area contributed by atoms with Crippen LogP contribution >= 0.6 is 0 Å². The lowest BCUT2D eigenvalue weighted by atomic mass is 9.97. The van der Waals surface area contributed by atoms with Crippen molar-refractivity contribution in [2.75, 3.05) is 32.1 Å². The third-order valence-electron chi connectivity index (χ3n) is 6.86. The number of aromatic amines is 1. The summed E-state index contributed by atoms with van der Waals surface area (Å²) in [6.45, 7) is 3.94. The Morgan fingerprint density at radius 1 is 1.20 bits per heavy atom. The lowest BCUT2D eigenvalue weighted by Gasteiger charge is -2.27. The van der Waals surface area contributed by atoms with E-state index in [0.717, 1.165) is 30.3 Å². The van der Waals surface area contributed by atoms with Gasteiger partial charge in [0.1, 0.15) is 5.75 Å².